The summed E-state index contributed by atoms with van der Waals surface area (Å²) < 4.78 is 5.25. The van der Waals surface area contributed by atoms with Crippen molar-refractivity contribution in [2.24, 2.45) is 0 Å². The van der Waals surface area contributed by atoms with Gasteiger partial charge in [0.2, 0.25) is 0 Å². The average Bonchev–Trinajstić information content (AvgIpc) is 3.08. The minimum Gasteiger partial charge on any atom is -0.497 e. The molecule has 0 unspecified atom stereocenters. The molecular formula is C21H42N2O. The lowest BCUT2D eigenvalue weighted by Crippen LogP contribution is -2.14. The first-order chi connectivity index (χ1) is 11.7. The number of aromatic amines is 1. The minimum absolute atomic E-state index is 0.915. The van der Waals surface area contributed by atoms with Crippen LogP contribution in [0.25, 0.3) is 10.9 Å². The zero-order chi connectivity index (χ0) is 19.5. The molecule has 2 rings (SSSR count). The van der Waals surface area contributed by atoms with Crippen molar-refractivity contribution in [1.82, 2.24) is 9.88 Å². The molecule has 0 aliphatic carbocycles. The summed E-state index contributed by atoms with van der Waals surface area (Å²) >= 11 is 0. The van der Waals surface area contributed by atoms with E-state index in [-0.39, 0.29) is 0 Å². The summed E-state index contributed by atoms with van der Waals surface area (Å²) in [7, 11) is 5.89. The van der Waals surface area contributed by atoms with E-state index >= 15 is 0 Å². The molecule has 0 saturated heterocycles. The molecule has 0 spiro atoms. The molecule has 1 aromatic carbocycles. The lowest BCUT2D eigenvalue weighted by atomic mass is 10.1. The molecule has 0 saturated carbocycles. The van der Waals surface area contributed by atoms with Crippen LogP contribution in [-0.2, 0) is 6.42 Å². The van der Waals surface area contributed by atoms with Gasteiger partial charge in [0.1, 0.15) is 5.75 Å². The molecular weight excluding hydrogens is 296 g/mol. The Kier molecular flexibility index (Phi) is 22.3. The molecule has 0 radical (unpaired) electrons. The van der Waals surface area contributed by atoms with Gasteiger partial charge in [-0.1, -0.05) is 55.4 Å². The highest BCUT2D eigenvalue weighted by Crippen LogP contribution is 2.23. The van der Waals surface area contributed by atoms with Crippen molar-refractivity contribution in [3.63, 3.8) is 0 Å². The quantitative estimate of drug-likeness (QED) is 0.700. The number of H-pyrrole nitrogens is 1. The molecule has 2 aromatic rings. The first-order valence-corrected chi connectivity index (χ1v) is 9.49. The van der Waals surface area contributed by atoms with E-state index in [0.29, 0.717) is 0 Å². The van der Waals surface area contributed by atoms with Crippen molar-refractivity contribution < 1.29 is 4.74 Å². The molecule has 1 N–H and O–H groups in total. The smallest absolute Gasteiger partial charge is 0.119 e. The molecule has 24 heavy (non-hydrogen) atoms. The average molecular weight is 339 g/mol. The van der Waals surface area contributed by atoms with Crippen LogP contribution in [0.5, 0.6) is 5.75 Å². The Labute approximate surface area is 151 Å². The third-order valence-corrected chi connectivity index (χ3v) is 2.80. The Hall–Kier alpha value is -1.48. The van der Waals surface area contributed by atoms with Crippen LogP contribution in [0.1, 0.15) is 61.0 Å². The number of nitrogens with zero attached hydrogens (tertiary/aromatic N) is 1. The van der Waals surface area contributed by atoms with Crippen LogP contribution in [0, 0.1) is 0 Å². The topological polar surface area (TPSA) is 28.3 Å². The Morgan fingerprint density at radius 2 is 1.46 bits per heavy atom. The monoisotopic (exact) mass is 338 g/mol. The number of hydrogen-bond acceptors (Lipinski definition) is 2. The number of nitrogens with one attached hydrogen (secondary N) is 1. The van der Waals surface area contributed by atoms with E-state index in [1.807, 2.05) is 61.5 Å². The summed E-state index contributed by atoms with van der Waals surface area (Å²) in [5.41, 5.74) is 2.53. The Morgan fingerprint density at radius 3 is 1.92 bits per heavy atom. The van der Waals surface area contributed by atoms with Crippen molar-refractivity contribution >= 4 is 10.9 Å². The number of hydrogen-bond donors (Lipinski definition) is 1. The Morgan fingerprint density at radius 1 is 0.917 bits per heavy atom. The van der Waals surface area contributed by atoms with E-state index < -0.39 is 0 Å². The minimum atomic E-state index is 0.915. The largest absolute Gasteiger partial charge is 0.497 e. The summed E-state index contributed by atoms with van der Waals surface area (Å²) in [6.07, 6.45) is 3.15. The lowest BCUT2D eigenvalue weighted by molar-refractivity contribution is 0.413. The number of ether oxygens (including phenoxy) is 1. The highest BCUT2D eigenvalue weighted by atomic mass is 16.5. The molecule has 1 heterocycles. The van der Waals surface area contributed by atoms with Crippen LogP contribution >= 0.6 is 0 Å². The van der Waals surface area contributed by atoms with Gasteiger partial charge >= 0.3 is 0 Å². The van der Waals surface area contributed by atoms with Gasteiger partial charge in [0, 0.05) is 23.6 Å². The van der Waals surface area contributed by atoms with Gasteiger partial charge in [-0.05, 0) is 44.3 Å². The maximum absolute atomic E-state index is 5.25. The highest BCUT2D eigenvalue weighted by Gasteiger charge is 2.05. The predicted octanol–water partition coefficient (Wildman–Crippen LogP) is 6.39. The van der Waals surface area contributed by atoms with Crippen molar-refractivity contribution in [1.29, 1.82) is 0 Å². The fraction of sp³-hybridized carbons (Fsp3) is 0.619. The second kappa shape index (κ2) is 19.6. The number of fused-ring (bicyclic) bond motifs is 1. The SMILES string of the molecule is CC.CC.CC.CC.COc1ccc2[nH]cc(CCN(C)C)c2c1. The summed E-state index contributed by atoms with van der Waals surface area (Å²) in [6, 6.07) is 6.14. The summed E-state index contributed by atoms with van der Waals surface area (Å²) in [4.78, 5) is 5.48. The van der Waals surface area contributed by atoms with Crippen LogP contribution in [0.3, 0.4) is 0 Å². The first-order valence-electron chi connectivity index (χ1n) is 9.49. The number of likely N-dealkylation sites (N-methyl/N-ethyl adjacent to an activating group) is 1. The van der Waals surface area contributed by atoms with E-state index in [2.05, 4.69) is 42.3 Å². The van der Waals surface area contributed by atoms with Crippen molar-refractivity contribution in [2.45, 2.75) is 61.8 Å². The van der Waals surface area contributed by atoms with Gasteiger partial charge in [0.25, 0.3) is 0 Å². The van der Waals surface area contributed by atoms with Gasteiger partial charge in [-0.2, -0.15) is 0 Å². The summed E-state index contributed by atoms with van der Waals surface area (Å²) in [6.45, 7) is 17.1. The van der Waals surface area contributed by atoms with E-state index in [0.717, 1.165) is 18.7 Å². The molecule has 0 fully saturated rings. The van der Waals surface area contributed by atoms with Gasteiger partial charge in [-0.3, -0.25) is 0 Å². The molecule has 0 bridgehead atoms. The maximum Gasteiger partial charge on any atom is 0.119 e. The normalized spacial score (nSPS) is 8.50. The van der Waals surface area contributed by atoms with E-state index in [1.54, 1.807) is 7.11 Å². The van der Waals surface area contributed by atoms with Gasteiger partial charge in [0.15, 0.2) is 0 Å². The Balaban J connectivity index is -0.000000484. The lowest BCUT2D eigenvalue weighted by Gasteiger charge is -2.08. The van der Waals surface area contributed by atoms with Crippen LogP contribution in [0.4, 0.5) is 0 Å². The fourth-order valence-corrected chi connectivity index (χ4v) is 1.84. The standard InChI is InChI=1S/C13H18N2O.4C2H6/c1-15(2)7-6-10-9-14-13-5-4-11(16-3)8-12(10)13;4*1-2/h4-5,8-9,14H,6-7H2,1-3H3;4*1-2H3. The number of benzene rings is 1. The van der Waals surface area contributed by atoms with Crippen LogP contribution < -0.4 is 4.74 Å². The van der Waals surface area contributed by atoms with Crippen LogP contribution in [-0.4, -0.2) is 37.6 Å². The van der Waals surface area contributed by atoms with Crippen LogP contribution in [0.15, 0.2) is 24.4 Å². The first kappa shape index (κ1) is 27.4. The highest BCUT2D eigenvalue weighted by molar-refractivity contribution is 5.84. The number of aromatic nitrogens is 1. The number of methoxy groups -OCH3 is 1. The van der Waals surface area contributed by atoms with E-state index in [4.69, 9.17) is 4.74 Å². The molecule has 3 heteroatoms. The second-order valence-corrected chi connectivity index (χ2v) is 4.28. The molecule has 0 aliphatic heterocycles. The van der Waals surface area contributed by atoms with Gasteiger partial charge < -0.3 is 14.6 Å². The van der Waals surface area contributed by atoms with Crippen molar-refractivity contribution in [3.8, 4) is 5.75 Å². The summed E-state index contributed by atoms with van der Waals surface area (Å²) in [5, 5.41) is 1.27. The van der Waals surface area contributed by atoms with Crippen LogP contribution in [0.2, 0.25) is 0 Å². The van der Waals surface area contributed by atoms with E-state index in [9.17, 15) is 0 Å². The van der Waals surface area contributed by atoms with Gasteiger partial charge in [0.05, 0.1) is 7.11 Å². The molecule has 3 nitrogen and oxygen atoms in total. The molecule has 1 aromatic heterocycles. The number of rotatable bonds is 4. The van der Waals surface area contributed by atoms with Crippen molar-refractivity contribution in [3.05, 3.63) is 30.0 Å². The Bertz CT molecular complexity index is 476. The predicted molar refractivity (Wildman–Crippen MR) is 113 cm³/mol. The summed E-state index contributed by atoms with van der Waals surface area (Å²) in [5.74, 6) is 0.915. The zero-order valence-electron chi connectivity index (χ0n) is 18.1. The molecule has 142 valence electrons. The fourth-order valence-electron chi connectivity index (χ4n) is 1.84. The third kappa shape index (κ3) is 10.3. The molecule has 0 aliphatic rings. The van der Waals surface area contributed by atoms with Crippen molar-refractivity contribution in [2.75, 3.05) is 27.7 Å². The molecule has 0 amide bonds. The van der Waals surface area contributed by atoms with Gasteiger partial charge in [-0.15, -0.1) is 0 Å². The maximum atomic E-state index is 5.25. The zero-order valence-corrected chi connectivity index (χ0v) is 18.1. The van der Waals surface area contributed by atoms with Gasteiger partial charge in [-0.25, -0.2) is 0 Å². The second-order valence-electron chi connectivity index (χ2n) is 4.28. The van der Waals surface area contributed by atoms with E-state index in [1.165, 1.54) is 16.5 Å². The third-order valence-electron chi connectivity index (χ3n) is 2.80. The molecule has 0 atom stereocenters.